The molecule has 0 aliphatic carbocycles. The van der Waals surface area contributed by atoms with Crippen LogP contribution in [-0.4, -0.2) is 17.9 Å². The lowest BCUT2D eigenvalue weighted by atomic mass is 9.83. The van der Waals surface area contributed by atoms with Crippen molar-refractivity contribution in [3.63, 3.8) is 0 Å². The highest BCUT2D eigenvalue weighted by molar-refractivity contribution is 5.56. The fourth-order valence-electron chi connectivity index (χ4n) is 4.17. The highest BCUT2D eigenvalue weighted by Gasteiger charge is 2.17. The van der Waals surface area contributed by atoms with Gasteiger partial charge in [-0.1, -0.05) is 106 Å². The third-order valence-corrected chi connectivity index (χ3v) is 5.79. The van der Waals surface area contributed by atoms with Gasteiger partial charge in [-0.25, -0.2) is 4.79 Å². The zero-order valence-electron chi connectivity index (χ0n) is 18.5. The third-order valence-electron chi connectivity index (χ3n) is 5.79. The van der Waals surface area contributed by atoms with Gasteiger partial charge in [0.2, 0.25) is 0 Å². The maximum absolute atomic E-state index is 10.4. The summed E-state index contributed by atoms with van der Waals surface area (Å²) in [5.74, 6) is 0.448. The summed E-state index contributed by atoms with van der Waals surface area (Å²) in [5, 5.41) is 8.51. The summed E-state index contributed by atoms with van der Waals surface area (Å²) in [6, 6.07) is 19.9. The summed E-state index contributed by atoms with van der Waals surface area (Å²) in [7, 11) is 0. The van der Waals surface area contributed by atoms with Crippen molar-refractivity contribution in [2.75, 3.05) is 6.61 Å². The summed E-state index contributed by atoms with van der Waals surface area (Å²) in [6.07, 6.45) is 11.7. The van der Waals surface area contributed by atoms with Gasteiger partial charge in [0, 0.05) is 5.92 Å². The molecule has 0 heterocycles. The van der Waals surface area contributed by atoms with Crippen LogP contribution in [0.1, 0.15) is 93.7 Å². The normalized spacial score (nSPS) is 11.9. The minimum atomic E-state index is -1.17. The monoisotopic (exact) mass is 410 g/mol. The van der Waals surface area contributed by atoms with Crippen LogP contribution < -0.4 is 0 Å². The van der Waals surface area contributed by atoms with E-state index >= 15 is 0 Å². The molecule has 2 aromatic rings. The lowest BCUT2D eigenvalue weighted by molar-refractivity contribution is 0.0899. The van der Waals surface area contributed by atoms with Crippen LogP contribution in [0.4, 0.5) is 4.79 Å². The zero-order valence-corrected chi connectivity index (χ0v) is 18.5. The fraction of sp³-hybridized carbons (Fsp3) is 0.519. The van der Waals surface area contributed by atoms with E-state index in [2.05, 4.69) is 66.3 Å². The van der Waals surface area contributed by atoms with Gasteiger partial charge >= 0.3 is 6.16 Å². The number of hydrogen-bond donors (Lipinski definition) is 1. The van der Waals surface area contributed by atoms with Gasteiger partial charge in [0.25, 0.3) is 0 Å². The van der Waals surface area contributed by atoms with Gasteiger partial charge in [-0.2, -0.15) is 0 Å². The molecule has 2 aromatic carbocycles. The molecule has 0 aliphatic rings. The molecular weight excluding hydrogens is 372 g/mol. The Balaban J connectivity index is 1.94. The van der Waals surface area contributed by atoms with Crippen molar-refractivity contribution in [1.29, 1.82) is 0 Å². The predicted molar refractivity (Wildman–Crippen MR) is 124 cm³/mol. The minimum Gasteiger partial charge on any atom is -0.450 e. The molecular formula is C27H38O3. The molecule has 3 nitrogen and oxygen atoms in total. The second kappa shape index (κ2) is 14.7. The molecule has 0 amide bonds. The fourth-order valence-corrected chi connectivity index (χ4v) is 4.17. The highest BCUT2D eigenvalue weighted by Crippen LogP contribution is 2.33. The van der Waals surface area contributed by atoms with Crippen molar-refractivity contribution in [1.82, 2.24) is 0 Å². The zero-order chi connectivity index (χ0) is 21.4. The molecule has 1 atom stereocenters. The first kappa shape index (κ1) is 24.0. The molecule has 30 heavy (non-hydrogen) atoms. The Kier molecular flexibility index (Phi) is 11.7. The molecule has 1 N–H and O–H groups in total. The van der Waals surface area contributed by atoms with Crippen LogP contribution in [0.3, 0.4) is 0 Å². The quantitative estimate of drug-likeness (QED) is 0.239. The Labute approximate surface area is 182 Å². The molecule has 0 aromatic heterocycles. The molecule has 0 aliphatic heterocycles. The maximum atomic E-state index is 10.4. The number of ether oxygens (including phenoxy) is 1. The number of rotatable bonds is 15. The molecule has 0 spiro atoms. The van der Waals surface area contributed by atoms with Crippen LogP contribution >= 0.6 is 0 Å². The van der Waals surface area contributed by atoms with E-state index in [0.29, 0.717) is 12.5 Å². The summed E-state index contributed by atoms with van der Waals surface area (Å²) in [6.45, 7) is 2.58. The van der Waals surface area contributed by atoms with Gasteiger partial charge in [0.15, 0.2) is 0 Å². The average molecular weight is 411 g/mol. The van der Waals surface area contributed by atoms with Crippen molar-refractivity contribution in [2.45, 2.75) is 83.5 Å². The van der Waals surface area contributed by atoms with E-state index < -0.39 is 6.16 Å². The number of hydrogen-bond acceptors (Lipinski definition) is 2. The summed E-state index contributed by atoms with van der Waals surface area (Å²) < 4.78 is 4.58. The second-order valence-electron chi connectivity index (χ2n) is 8.14. The molecule has 2 rings (SSSR count). The van der Waals surface area contributed by atoms with E-state index in [1.54, 1.807) is 0 Å². The van der Waals surface area contributed by atoms with Crippen molar-refractivity contribution < 1.29 is 14.6 Å². The average Bonchev–Trinajstić information content (AvgIpc) is 2.77. The smallest absolute Gasteiger partial charge is 0.450 e. The Morgan fingerprint density at radius 3 is 2.27 bits per heavy atom. The minimum absolute atomic E-state index is 0.313. The molecule has 3 heteroatoms. The summed E-state index contributed by atoms with van der Waals surface area (Å²) in [4.78, 5) is 10.4. The third kappa shape index (κ3) is 9.02. The summed E-state index contributed by atoms with van der Waals surface area (Å²) in [5.41, 5.74) is 4.41. The number of carboxylic acid groups (broad SMARTS) is 1. The first-order chi connectivity index (χ1) is 14.7. The second-order valence-corrected chi connectivity index (χ2v) is 8.14. The number of carbonyl (C=O) groups is 1. The Morgan fingerprint density at radius 1 is 0.833 bits per heavy atom. The van der Waals surface area contributed by atoms with Crippen molar-refractivity contribution in [3.8, 4) is 0 Å². The van der Waals surface area contributed by atoms with Gasteiger partial charge in [-0.3, -0.25) is 0 Å². The topological polar surface area (TPSA) is 46.5 Å². The van der Waals surface area contributed by atoms with Crippen molar-refractivity contribution in [2.24, 2.45) is 0 Å². The van der Waals surface area contributed by atoms with Gasteiger partial charge in [0.05, 0.1) is 6.61 Å². The highest BCUT2D eigenvalue weighted by atomic mass is 16.7. The molecule has 0 saturated heterocycles. The van der Waals surface area contributed by atoms with Crippen LogP contribution in [0.2, 0.25) is 0 Å². The van der Waals surface area contributed by atoms with Gasteiger partial charge in [0.1, 0.15) is 0 Å². The standard InChI is InChI=1S/C27H38O3/c1-2-3-4-9-16-24-19-13-14-21-26(24)25(23-17-10-8-11-18-23)20-12-6-5-7-15-22-30-27(28)29/h8,10-11,13-14,17-19,21,25H,2-7,9,12,15-16,20,22H2,1H3,(H,28,29). The molecule has 0 fully saturated rings. The van der Waals surface area contributed by atoms with Crippen LogP contribution in [0.5, 0.6) is 0 Å². The van der Waals surface area contributed by atoms with Gasteiger partial charge in [-0.15, -0.1) is 0 Å². The largest absolute Gasteiger partial charge is 0.505 e. The number of unbranched alkanes of at least 4 members (excludes halogenated alkanes) is 7. The number of aryl methyl sites for hydroxylation is 1. The number of benzene rings is 2. The van der Waals surface area contributed by atoms with E-state index in [1.807, 2.05) is 0 Å². The molecule has 0 radical (unpaired) electrons. The first-order valence-corrected chi connectivity index (χ1v) is 11.7. The maximum Gasteiger partial charge on any atom is 0.505 e. The van der Waals surface area contributed by atoms with E-state index in [0.717, 1.165) is 25.7 Å². The van der Waals surface area contributed by atoms with Crippen molar-refractivity contribution in [3.05, 3.63) is 71.3 Å². The van der Waals surface area contributed by atoms with Gasteiger partial charge in [-0.05, 0) is 42.4 Å². The molecule has 164 valence electrons. The summed E-state index contributed by atoms with van der Waals surface area (Å²) >= 11 is 0. The van der Waals surface area contributed by atoms with Crippen LogP contribution in [0, 0.1) is 0 Å². The van der Waals surface area contributed by atoms with E-state index in [-0.39, 0.29) is 0 Å². The Hall–Kier alpha value is -2.29. The van der Waals surface area contributed by atoms with Crippen LogP contribution in [0.15, 0.2) is 54.6 Å². The lowest BCUT2D eigenvalue weighted by Gasteiger charge is -2.21. The SMILES string of the molecule is CCCCCCc1ccccc1C(CCCCCCCOC(=O)O)c1ccccc1. The molecule has 1 unspecified atom stereocenters. The molecule has 0 bridgehead atoms. The first-order valence-electron chi connectivity index (χ1n) is 11.7. The Bertz CT molecular complexity index is 711. The molecule has 0 saturated carbocycles. The van der Waals surface area contributed by atoms with E-state index in [9.17, 15) is 4.79 Å². The van der Waals surface area contributed by atoms with Gasteiger partial charge < -0.3 is 9.84 Å². The Morgan fingerprint density at radius 2 is 1.50 bits per heavy atom. The predicted octanol–water partition coefficient (Wildman–Crippen LogP) is 7.98. The van der Waals surface area contributed by atoms with E-state index in [1.165, 1.54) is 61.6 Å². The van der Waals surface area contributed by atoms with Crippen LogP contribution in [-0.2, 0) is 11.2 Å². The van der Waals surface area contributed by atoms with Crippen molar-refractivity contribution >= 4 is 6.16 Å². The lowest BCUT2D eigenvalue weighted by Crippen LogP contribution is -2.05. The van der Waals surface area contributed by atoms with E-state index in [4.69, 9.17) is 5.11 Å². The van der Waals surface area contributed by atoms with Crippen LogP contribution in [0.25, 0.3) is 0 Å².